The molecular weight excluding hydrogens is 314 g/mol. The van der Waals surface area contributed by atoms with E-state index in [1.807, 2.05) is 24.4 Å². The van der Waals surface area contributed by atoms with E-state index in [1.165, 1.54) is 4.88 Å². The summed E-state index contributed by atoms with van der Waals surface area (Å²) in [5, 5.41) is 16.3. The second-order valence-corrected chi connectivity index (χ2v) is 6.83. The predicted molar refractivity (Wildman–Crippen MR) is 87.2 cm³/mol. The highest BCUT2D eigenvalue weighted by Crippen LogP contribution is 2.30. The van der Waals surface area contributed by atoms with Crippen molar-refractivity contribution in [2.45, 2.75) is 44.9 Å². The molecule has 2 atom stereocenters. The first-order valence-corrected chi connectivity index (χ1v) is 8.99. The number of thiophene rings is 1. The number of ether oxygens (including phenoxy) is 1. The second kappa shape index (κ2) is 8.01. The lowest BCUT2D eigenvalue weighted by molar-refractivity contribution is 0.00785. The van der Waals surface area contributed by atoms with E-state index in [9.17, 15) is 5.11 Å². The summed E-state index contributed by atoms with van der Waals surface area (Å²) in [6.07, 6.45) is 2.33. The molecule has 23 heavy (non-hydrogen) atoms. The van der Waals surface area contributed by atoms with Crippen LogP contribution in [0.4, 0.5) is 0 Å². The zero-order valence-electron chi connectivity index (χ0n) is 13.4. The molecule has 2 aromatic heterocycles. The van der Waals surface area contributed by atoms with Crippen molar-refractivity contribution < 1.29 is 14.4 Å². The third-order valence-electron chi connectivity index (χ3n) is 4.03. The van der Waals surface area contributed by atoms with Gasteiger partial charge in [0.2, 0.25) is 5.89 Å². The van der Waals surface area contributed by atoms with Gasteiger partial charge in [-0.2, -0.15) is 4.98 Å². The van der Waals surface area contributed by atoms with Gasteiger partial charge in [-0.25, -0.2) is 0 Å². The molecule has 1 N–H and O–H groups in total. The molecule has 0 aliphatic carbocycles. The van der Waals surface area contributed by atoms with Gasteiger partial charge in [0, 0.05) is 17.8 Å². The number of nitrogens with zero attached hydrogens (tertiary/aromatic N) is 3. The number of aryl methyl sites for hydroxylation is 1. The molecule has 1 aliphatic heterocycles. The van der Waals surface area contributed by atoms with Gasteiger partial charge in [0.1, 0.15) is 0 Å². The van der Waals surface area contributed by atoms with Crippen LogP contribution in [-0.4, -0.2) is 45.9 Å². The minimum absolute atomic E-state index is 0.144. The molecule has 0 saturated carbocycles. The molecule has 0 aromatic carbocycles. The fourth-order valence-electron chi connectivity index (χ4n) is 2.90. The van der Waals surface area contributed by atoms with Crippen molar-refractivity contribution in [1.29, 1.82) is 0 Å². The number of rotatable bonds is 8. The van der Waals surface area contributed by atoms with Crippen molar-refractivity contribution in [1.82, 2.24) is 15.0 Å². The molecule has 0 bridgehead atoms. The Morgan fingerprint density at radius 2 is 2.48 bits per heavy atom. The van der Waals surface area contributed by atoms with Crippen LogP contribution in [0.3, 0.4) is 0 Å². The first-order valence-electron chi connectivity index (χ1n) is 8.11. The van der Waals surface area contributed by atoms with Crippen LogP contribution in [0.25, 0.3) is 0 Å². The van der Waals surface area contributed by atoms with Gasteiger partial charge in [-0.1, -0.05) is 18.1 Å². The number of aromatic nitrogens is 2. The van der Waals surface area contributed by atoms with E-state index >= 15 is 0 Å². The molecule has 126 valence electrons. The first-order chi connectivity index (χ1) is 11.3. The Hall–Kier alpha value is -1.28. The van der Waals surface area contributed by atoms with Gasteiger partial charge in [0.15, 0.2) is 5.82 Å². The zero-order valence-corrected chi connectivity index (χ0v) is 14.2. The maximum atomic E-state index is 10.2. The van der Waals surface area contributed by atoms with Gasteiger partial charge in [0.25, 0.3) is 0 Å². The van der Waals surface area contributed by atoms with Gasteiger partial charge in [0.05, 0.1) is 25.4 Å². The van der Waals surface area contributed by atoms with Crippen LogP contribution in [0.15, 0.2) is 22.0 Å². The summed E-state index contributed by atoms with van der Waals surface area (Å²) >= 11 is 1.67. The average Bonchev–Trinajstić information content (AvgIpc) is 3.28. The highest BCUT2D eigenvalue weighted by Gasteiger charge is 2.31. The Kier molecular flexibility index (Phi) is 5.77. The largest absolute Gasteiger partial charge is 0.389 e. The Bertz CT molecular complexity index is 587. The molecule has 3 heterocycles. The molecule has 7 heteroatoms. The molecule has 0 amide bonds. The second-order valence-electron chi connectivity index (χ2n) is 5.80. The van der Waals surface area contributed by atoms with Gasteiger partial charge < -0.3 is 14.4 Å². The van der Waals surface area contributed by atoms with Crippen LogP contribution in [-0.2, 0) is 17.8 Å². The highest BCUT2D eigenvalue weighted by atomic mass is 32.1. The molecule has 3 rings (SSSR count). The average molecular weight is 337 g/mol. The van der Waals surface area contributed by atoms with E-state index in [2.05, 4.69) is 15.0 Å². The van der Waals surface area contributed by atoms with Crippen molar-refractivity contribution in [2.75, 3.05) is 19.7 Å². The van der Waals surface area contributed by atoms with E-state index < -0.39 is 6.10 Å². The number of hydrogen-bond acceptors (Lipinski definition) is 7. The van der Waals surface area contributed by atoms with E-state index in [1.54, 1.807) is 11.3 Å². The monoisotopic (exact) mass is 337 g/mol. The van der Waals surface area contributed by atoms with Crippen LogP contribution in [0.1, 0.15) is 42.4 Å². The summed E-state index contributed by atoms with van der Waals surface area (Å²) in [4.78, 5) is 7.83. The van der Waals surface area contributed by atoms with Crippen LogP contribution in [0.2, 0.25) is 0 Å². The van der Waals surface area contributed by atoms with E-state index in [-0.39, 0.29) is 6.04 Å². The zero-order chi connectivity index (χ0) is 16.1. The molecule has 1 fully saturated rings. The molecular formula is C16H23N3O3S. The SMILES string of the molecule is CCc1nc([C@H]2CCCN2C[C@@H](O)COCc2cccs2)no1. The van der Waals surface area contributed by atoms with E-state index in [0.29, 0.717) is 25.6 Å². The van der Waals surface area contributed by atoms with Gasteiger partial charge in [-0.3, -0.25) is 4.90 Å². The Morgan fingerprint density at radius 3 is 3.22 bits per heavy atom. The number of likely N-dealkylation sites (tertiary alicyclic amines) is 1. The minimum Gasteiger partial charge on any atom is -0.389 e. The third kappa shape index (κ3) is 4.38. The van der Waals surface area contributed by atoms with Crippen molar-refractivity contribution in [2.24, 2.45) is 0 Å². The van der Waals surface area contributed by atoms with Gasteiger partial charge >= 0.3 is 0 Å². The number of aliphatic hydroxyl groups excluding tert-OH is 1. The molecule has 1 aliphatic rings. The van der Waals surface area contributed by atoms with Crippen molar-refractivity contribution in [3.05, 3.63) is 34.1 Å². The molecule has 0 radical (unpaired) electrons. The number of β-amino-alcohol motifs (C(OH)–C–C–N with tert-alkyl or cyclic N) is 1. The fourth-order valence-corrected chi connectivity index (χ4v) is 3.54. The van der Waals surface area contributed by atoms with E-state index in [4.69, 9.17) is 9.26 Å². The Morgan fingerprint density at radius 1 is 1.57 bits per heavy atom. The van der Waals surface area contributed by atoms with Crippen LogP contribution < -0.4 is 0 Å². The van der Waals surface area contributed by atoms with Crippen LogP contribution in [0.5, 0.6) is 0 Å². The fraction of sp³-hybridized carbons (Fsp3) is 0.625. The minimum atomic E-state index is -0.506. The Labute approximate surface area is 140 Å². The Balaban J connectivity index is 1.47. The number of aliphatic hydroxyl groups is 1. The van der Waals surface area contributed by atoms with E-state index in [0.717, 1.165) is 31.6 Å². The summed E-state index contributed by atoms with van der Waals surface area (Å²) in [6.45, 7) is 4.42. The van der Waals surface area contributed by atoms with Crippen molar-refractivity contribution >= 4 is 11.3 Å². The molecule has 1 saturated heterocycles. The standard InChI is InChI=1S/C16H23N3O3S/c1-2-15-17-16(18-22-15)14-6-3-7-19(14)9-12(20)10-21-11-13-5-4-8-23-13/h4-5,8,12,14,20H,2-3,6-7,9-11H2,1H3/t12-,14-/m1/s1. The summed E-state index contributed by atoms with van der Waals surface area (Å²) in [7, 11) is 0. The van der Waals surface area contributed by atoms with Gasteiger partial charge in [-0.15, -0.1) is 11.3 Å². The first kappa shape index (κ1) is 16.6. The summed E-state index contributed by atoms with van der Waals surface area (Å²) in [5.74, 6) is 1.41. The molecule has 2 aromatic rings. The predicted octanol–water partition coefficient (Wildman–Crippen LogP) is 2.41. The lowest BCUT2D eigenvalue weighted by atomic mass is 10.2. The smallest absolute Gasteiger partial charge is 0.226 e. The van der Waals surface area contributed by atoms with Crippen molar-refractivity contribution in [3.63, 3.8) is 0 Å². The molecule has 0 spiro atoms. The third-order valence-corrected chi connectivity index (χ3v) is 4.88. The normalized spacial score (nSPS) is 20.2. The topological polar surface area (TPSA) is 71.6 Å². The summed E-state index contributed by atoms with van der Waals surface area (Å²) in [5.41, 5.74) is 0. The highest BCUT2D eigenvalue weighted by molar-refractivity contribution is 7.09. The summed E-state index contributed by atoms with van der Waals surface area (Å²) < 4.78 is 10.8. The molecule has 6 nitrogen and oxygen atoms in total. The van der Waals surface area contributed by atoms with Crippen molar-refractivity contribution in [3.8, 4) is 0 Å². The van der Waals surface area contributed by atoms with Crippen LogP contribution in [0, 0.1) is 0 Å². The quantitative estimate of drug-likeness (QED) is 0.797. The summed E-state index contributed by atoms with van der Waals surface area (Å²) in [6, 6.07) is 4.19. The lowest BCUT2D eigenvalue weighted by Crippen LogP contribution is -2.35. The van der Waals surface area contributed by atoms with Gasteiger partial charge in [-0.05, 0) is 30.8 Å². The lowest BCUT2D eigenvalue weighted by Gasteiger charge is -2.24. The molecule has 0 unspecified atom stereocenters. The number of hydrogen-bond donors (Lipinski definition) is 1. The maximum absolute atomic E-state index is 10.2. The maximum Gasteiger partial charge on any atom is 0.226 e. The van der Waals surface area contributed by atoms with Crippen LogP contribution >= 0.6 is 11.3 Å².